The lowest BCUT2D eigenvalue weighted by Crippen LogP contribution is -2.50. The van der Waals surface area contributed by atoms with Crippen molar-refractivity contribution in [2.75, 3.05) is 18.1 Å². The van der Waals surface area contributed by atoms with Gasteiger partial charge in [-0.15, -0.1) is 0 Å². The molecule has 1 aromatic heterocycles. The zero-order valence-corrected chi connectivity index (χ0v) is 17.6. The molecular weight excluding hydrogens is 431 g/mol. The lowest BCUT2D eigenvalue weighted by molar-refractivity contribution is -0.136. The van der Waals surface area contributed by atoms with Gasteiger partial charge >= 0.3 is 11.6 Å². The van der Waals surface area contributed by atoms with E-state index < -0.39 is 29.7 Å². The maximum absolute atomic E-state index is 13.9. The molecule has 1 aliphatic heterocycles. The second-order valence-electron chi connectivity index (χ2n) is 7.85. The van der Waals surface area contributed by atoms with Crippen LogP contribution in [-0.2, 0) is 6.18 Å². The van der Waals surface area contributed by atoms with Crippen molar-refractivity contribution in [2.45, 2.75) is 51.4 Å². The van der Waals surface area contributed by atoms with Gasteiger partial charge in [0.15, 0.2) is 5.75 Å². The van der Waals surface area contributed by atoms with Gasteiger partial charge < -0.3 is 14.4 Å². The van der Waals surface area contributed by atoms with E-state index in [0.29, 0.717) is 0 Å². The third-order valence-electron chi connectivity index (χ3n) is 4.77. The molecule has 2 heterocycles. The van der Waals surface area contributed by atoms with Gasteiger partial charge in [0.25, 0.3) is 0 Å². The van der Waals surface area contributed by atoms with Gasteiger partial charge in [-0.1, -0.05) is 13.8 Å². The molecule has 0 bridgehead atoms. The van der Waals surface area contributed by atoms with Crippen LogP contribution >= 0.6 is 11.6 Å². The largest absolute Gasteiger partial charge is 0.489 e. The van der Waals surface area contributed by atoms with E-state index in [2.05, 4.69) is 4.98 Å². The average molecular weight is 453 g/mol. The minimum absolute atomic E-state index is 0.000180. The summed E-state index contributed by atoms with van der Waals surface area (Å²) in [6.45, 7) is 6.06. The predicted octanol–water partition coefficient (Wildman–Crippen LogP) is 6.10. The van der Waals surface area contributed by atoms with Crippen molar-refractivity contribution in [2.24, 2.45) is 5.92 Å². The first kappa shape index (κ1) is 22.7. The highest BCUT2D eigenvalue weighted by Gasteiger charge is 2.41. The van der Waals surface area contributed by atoms with Crippen molar-refractivity contribution in [3.63, 3.8) is 0 Å². The Bertz CT molecular complexity index is 928. The molecule has 4 nitrogen and oxygen atoms in total. The SMILES string of the molecule is CC(C)Oc1cc(C(F)(F)F)c2c3c(ccc2n1)N(CC(F)(F)Cl)[C@H](C(C)C)CO3. The Kier molecular flexibility index (Phi) is 5.97. The fraction of sp³-hybridized carbons (Fsp3) is 0.550. The van der Waals surface area contributed by atoms with Crippen LogP contribution in [-0.4, -0.2) is 35.7 Å². The quantitative estimate of drug-likeness (QED) is 0.406. The molecule has 30 heavy (non-hydrogen) atoms. The third kappa shape index (κ3) is 4.66. The Balaban J connectivity index is 2.25. The van der Waals surface area contributed by atoms with E-state index in [0.717, 1.165) is 6.07 Å². The van der Waals surface area contributed by atoms with E-state index in [9.17, 15) is 22.0 Å². The number of hydrogen-bond donors (Lipinski definition) is 0. The maximum atomic E-state index is 13.9. The summed E-state index contributed by atoms with van der Waals surface area (Å²) in [5.74, 6) is -0.416. The summed E-state index contributed by atoms with van der Waals surface area (Å²) < 4.78 is 80.1. The predicted molar refractivity (Wildman–Crippen MR) is 105 cm³/mol. The highest BCUT2D eigenvalue weighted by atomic mass is 35.5. The van der Waals surface area contributed by atoms with Gasteiger partial charge in [0, 0.05) is 6.07 Å². The number of alkyl halides is 6. The van der Waals surface area contributed by atoms with Crippen LogP contribution in [0.25, 0.3) is 10.9 Å². The number of rotatable bonds is 5. The molecule has 166 valence electrons. The van der Waals surface area contributed by atoms with Crippen LogP contribution in [0, 0.1) is 5.92 Å². The first-order valence-electron chi connectivity index (χ1n) is 9.45. The smallest absolute Gasteiger partial charge is 0.417 e. The lowest BCUT2D eigenvalue weighted by Gasteiger charge is -2.41. The number of aromatic nitrogens is 1. The van der Waals surface area contributed by atoms with Crippen LogP contribution in [0.5, 0.6) is 11.6 Å². The average Bonchev–Trinajstić information content (AvgIpc) is 2.57. The van der Waals surface area contributed by atoms with Gasteiger partial charge in [0.1, 0.15) is 6.61 Å². The molecule has 0 unspecified atom stereocenters. The van der Waals surface area contributed by atoms with Crippen molar-refractivity contribution in [1.29, 1.82) is 0 Å². The standard InChI is InChI=1S/C20H22ClF5N2O2/c1-10(2)15-8-29-18-14(28(15)9-19(21,22)23)6-5-13-17(18)12(20(24,25)26)7-16(27-13)30-11(3)4/h5-7,10-11,15H,8-9H2,1-4H3/t15-/m0/s1. The van der Waals surface area contributed by atoms with E-state index in [1.807, 2.05) is 13.8 Å². The molecule has 0 spiro atoms. The Hall–Kier alpha value is -2.03. The fourth-order valence-corrected chi connectivity index (χ4v) is 3.67. The highest BCUT2D eigenvalue weighted by molar-refractivity contribution is 6.22. The van der Waals surface area contributed by atoms with Crippen molar-refractivity contribution < 1.29 is 31.4 Å². The monoisotopic (exact) mass is 452 g/mol. The Labute approximate surface area is 175 Å². The van der Waals surface area contributed by atoms with Crippen molar-refractivity contribution in [1.82, 2.24) is 4.98 Å². The summed E-state index contributed by atoms with van der Waals surface area (Å²) >= 11 is 5.17. The van der Waals surface area contributed by atoms with E-state index >= 15 is 0 Å². The molecule has 1 aliphatic rings. The fourth-order valence-electron chi connectivity index (χ4n) is 3.54. The van der Waals surface area contributed by atoms with E-state index in [1.54, 1.807) is 13.8 Å². The summed E-state index contributed by atoms with van der Waals surface area (Å²) in [6.07, 6.45) is -5.11. The number of halogens is 6. The number of nitrogens with zero attached hydrogens (tertiary/aromatic N) is 2. The number of pyridine rings is 1. The molecule has 1 aromatic carbocycles. The number of fused-ring (bicyclic) bond motifs is 3. The van der Waals surface area contributed by atoms with Gasteiger partial charge in [-0.25, -0.2) is 4.98 Å². The number of ether oxygens (including phenoxy) is 2. The molecule has 0 aliphatic carbocycles. The van der Waals surface area contributed by atoms with Crippen LogP contribution in [0.3, 0.4) is 0 Å². The zero-order chi connectivity index (χ0) is 22.4. The Morgan fingerprint density at radius 1 is 1.20 bits per heavy atom. The van der Waals surface area contributed by atoms with E-state index in [4.69, 9.17) is 21.1 Å². The summed E-state index contributed by atoms with van der Waals surface area (Å²) in [5.41, 5.74) is -0.877. The molecule has 1 atom stereocenters. The molecule has 2 aromatic rings. The maximum Gasteiger partial charge on any atom is 0.417 e. The minimum atomic E-state index is -4.73. The number of benzene rings is 1. The molecule has 0 saturated carbocycles. The lowest BCUT2D eigenvalue weighted by atomic mass is 9.98. The van der Waals surface area contributed by atoms with Crippen LogP contribution < -0.4 is 14.4 Å². The number of anilines is 1. The topological polar surface area (TPSA) is 34.6 Å². The third-order valence-corrected chi connectivity index (χ3v) is 4.89. The summed E-state index contributed by atoms with van der Waals surface area (Å²) in [7, 11) is 0. The van der Waals surface area contributed by atoms with Crippen LogP contribution in [0.1, 0.15) is 33.3 Å². The van der Waals surface area contributed by atoms with Crippen LogP contribution in [0.2, 0.25) is 0 Å². The first-order valence-corrected chi connectivity index (χ1v) is 9.83. The molecule has 0 radical (unpaired) electrons. The molecule has 0 amide bonds. The van der Waals surface area contributed by atoms with Crippen LogP contribution in [0.15, 0.2) is 18.2 Å². The van der Waals surface area contributed by atoms with Gasteiger partial charge in [0.05, 0.1) is 40.8 Å². The summed E-state index contributed by atoms with van der Waals surface area (Å²) in [5, 5.41) is -3.85. The van der Waals surface area contributed by atoms with E-state index in [-0.39, 0.29) is 46.8 Å². The second kappa shape index (κ2) is 7.90. The number of hydrogen-bond acceptors (Lipinski definition) is 4. The molecule has 0 N–H and O–H groups in total. The van der Waals surface area contributed by atoms with E-state index in [1.165, 1.54) is 17.0 Å². The van der Waals surface area contributed by atoms with Crippen molar-refractivity contribution in [3.05, 3.63) is 23.8 Å². The second-order valence-corrected chi connectivity index (χ2v) is 8.40. The Morgan fingerprint density at radius 2 is 1.87 bits per heavy atom. The van der Waals surface area contributed by atoms with Gasteiger partial charge in [-0.3, -0.25) is 0 Å². The minimum Gasteiger partial charge on any atom is -0.489 e. The van der Waals surface area contributed by atoms with Gasteiger partial charge in [-0.2, -0.15) is 22.0 Å². The van der Waals surface area contributed by atoms with Gasteiger partial charge in [-0.05, 0) is 43.5 Å². The zero-order valence-electron chi connectivity index (χ0n) is 16.9. The highest BCUT2D eigenvalue weighted by Crippen LogP contribution is 2.47. The molecule has 0 fully saturated rings. The normalized spacial score (nSPS) is 17.5. The molecule has 10 heteroatoms. The molecule has 3 rings (SSSR count). The molecule has 0 saturated heterocycles. The summed E-state index contributed by atoms with van der Waals surface area (Å²) in [6, 6.07) is 3.11. The Morgan fingerprint density at radius 3 is 2.40 bits per heavy atom. The van der Waals surface area contributed by atoms with Crippen molar-refractivity contribution in [3.8, 4) is 11.6 Å². The molecular formula is C20H22ClF5N2O2. The van der Waals surface area contributed by atoms with Crippen LogP contribution in [0.4, 0.5) is 27.6 Å². The van der Waals surface area contributed by atoms with Gasteiger partial charge in [0.2, 0.25) is 5.88 Å². The summed E-state index contributed by atoms with van der Waals surface area (Å²) in [4.78, 5) is 5.47. The van der Waals surface area contributed by atoms with Crippen molar-refractivity contribution >= 4 is 28.2 Å². The first-order chi connectivity index (χ1) is 13.8.